The van der Waals surface area contributed by atoms with Crippen molar-refractivity contribution in [3.05, 3.63) is 77.6 Å². The van der Waals surface area contributed by atoms with Crippen molar-refractivity contribution < 1.29 is 19.1 Å². The molecular weight excluding hydrogens is 306 g/mol. The number of esters is 1. The summed E-state index contributed by atoms with van der Waals surface area (Å²) in [6, 6.07) is 14.6. The zero-order valence-corrected chi connectivity index (χ0v) is 13.1. The summed E-state index contributed by atoms with van der Waals surface area (Å²) in [4.78, 5) is 24.5. The minimum absolute atomic E-state index is 0.128. The smallest absolute Gasteiger partial charge is 0.338 e. The summed E-state index contributed by atoms with van der Waals surface area (Å²) in [5.41, 5.74) is 0.801. The molecule has 0 N–H and O–H groups in total. The van der Waals surface area contributed by atoms with E-state index in [0.717, 1.165) is 0 Å². The monoisotopic (exact) mass is 321 g/mol. The molecule has 0 aromatic heterocycles. The normalized spacial score (nSPS) is 9.67. The van der Waals surface area contributed by atoms with Crippen LogP contribution in [-0.4, -0.2) is 18.4 Å². The summed E-state index contributed by atoms with van der Waals surface area (Å²) >= 11 is 0. The molecule has 120 valence electrons. The van der Waals surface area contributed by atoms with E-state index >= 15 is 0 Å². The molecule has 2 aromatic rings. The van der Waals surface area contributed by atoms with Gasteiger partial charge in [0, 0.05) is 5.56 Å². The van der Waals surface area contributed by atoms with Crippen LogP contribution in [0.2, 0.25) is 0 Å². The predicted molar refractivity (Wildman–Crippen MR) is 87.7 cm³/mol. The lowest BCUT2D eigenvalue weighted by Crippen LogP contribution is -2.15. The third-order valence-corrected chi connectivity index (χ3v) is 3.14. The Kier molecular flexibility index (Phi) is 5.48. The van der Waals surface area contributed by atoms with Crippen LogP contribution in [0.15, 0.2) is 60.9 Å². The van der Waals surface area contributed by atoms with E-state index in [1.165, 1.54) is 12.1 Å². The predicted octanol–water partition coefficient (Wildman–Crippen LogP) is 3.51. The zero-order chi connectivity index (χ0) is 17.5. The molecule has 0 amide bonds. The summed E-state index contributed by atoms with van der Waals surface area (Å²) in [5.74, 6) is -0.840. The summed E-state index contributed by atoms with van der Waals surface area (Å²) in [6.07, 6.45) is 0. The lowest BCUT2D eigenvalue weighted by atomic mass is 10.0. The van der Waals surface area contributed by atoms with E-state index in [0.29, 0.717) is 11.3 Å². The zero-order valence-electron chi connectivity index (χ0n) is 13.1. The molecule has 0 saturated carbocycles. The number of nitriles is 1. The number of Topliss-reactive ketones (excluding diaryl/α,β-unsaturated/α-hetero) is 1. The van der Waals surface area contributed by atoms with Crippen molar-refractivity contribution in [2.24, 2.45) is 0 Å². The minimum Gasteiger partial charge on any atom is -0.462 e. The van der Waals surface area contributed by atoms with Gasteiger partial charge in [-0.05, 0) is 37.3 Å². The van der Waals surface area contributed by atoms with Gasteiger partial charge in [-0.1, -0.05) is 24.8 Å². The van der Waals surface area contributed by atoms with Crippen molar-refractivity contribution in [3.8, 4) is 11.8 Å². The van der Waals surface area contributed by atoms with Crippen molar-refractivity contribution in [1.82, 2.24) is 0 Å². The summed E-state index contributed by atoms with van der Waals surface area (Å²) in [7, 11) is 0. The first-order valence-corrected chi connectivity index (χ1v) is 7.24. The molecule has 0 radical (unpaired) electrons. The van der Waals surface area contributed by atoms with Crippen LogP contribution in [-0.2, 0) is 4.74 Å². The molecule has 0 fully saturated rings. The van der Waals surface area contributed by atoms with Crippen molar-refractivity contribution >= 4 is 11.8 Å². The molecule has 0 atom stereocenters. The summed E-state index contributed by atoms with van der Waals surface area (Å²) in [6.45, 7) is 5.53. The molecule has 0 aliphatic rings. The van der Waals surface area contributed by atoms with E-state index in [2.05, 4.69) is 6.58 Å². The Labute approximate surface area is 139 Å². The molecule has 2 rings (SSSR count). The highest BCUT2D eigenvalue weighted by Gasteiger charge is 2.20. The van der Waals surface area contributed by atoms with Gasteiger partial charge in [0.05, 0.1) is 23.8 Å². The fourth-order valence-electron chi connectivity index (χ4n) is 2.00. The van der Waals surface area contributed by atoms with Crippen molar-refractivity contribution in [3.63, 3.8) is 0 Å². The van der Waals surface area contributed by atoms with Crippen LogP contribution in [0.5, 0.6) is 5.75 Å². The molecule has 0 heterocycles. The number of carbonyl (C=O) groups is 2. The van der Waals surface area contributed by atoms with Gasteiger partial charge < -0.3 is 9.47 Å². The topological polar surface area (TPSA) is 76.4 Å². The first-order valence-electron chi connectivity index (χ1n) is 7.24. The van der Waals surface area contributed by atoms with Crippen LogP contribution in [0.1, 0.15) is 33.2 Å². The Bertz CT molecular complexity index is 816. The molecule has 2 aromatic carbocycles. The summed E-state index contributed by atoms with van der Waals surface area (Å²) in [5, 5.41) is 8.77. The molecule has 0 unspecified atom stereocenters. The summed E-state index contributed by atoms with van der Waals surface area (Å²) < 4.78 is 10.4. The molecule has 0 aliphatic heterocycles. The SMILES string of the molecule is C=C(Oc1ccc(C#N)cc1)C(=O)c1ccccc1C(=O)OCC. The largest absolute Gasteiger partial charge is 0.462 e. The van der Waals surface area contributed by atoms with Gasteiger partial charge in [0.25, 0.3) is 0 Å². The standard InChI is InChI=1S/C19H15NO4/c1-3-23-19(22)17-7-5-4-6-16(17)18(21)13(2)24-15-10-8-14(12-20)9-11-15/h4-11H,2-3H2,1H3. The molecular formula is C19H15NO4. The number of benzene rings is 2. The maximum absolute atomic E-state index is 12.5. The molecule has 0 aliphatic carbocycles. The Hall–Kier alpha value is -3.39. The van der Waals surface area contributed by atoms with Crippen LogP contribution in [0, 0.1) is 11.3 Å². The van der Waals surface area contributed by atoms with Crippen LogP contribution in [0.25, 0.3) is 0 Å². The van der Waals surface area contributed by atoms with Crippen molar-refractivity contribution in [2.45, 2.75) is 6.92 Å². The second kappa shape index (κ2) is 7.75. The van der Waals surface area contributed by atoms with Gasteiger partial charge in [-0.15, -0.1) is 0 Å². The first kappa shape index (κ1) is 17.0. The Morgan fingerprint density at radius 3 is 2.29 bits per heavy atom. The van der Waals surface area contributed by atoms with E-state index < -0.39 is 11.8 Å². The Morgan fingerprint density at radius 1 is 1.08 bits per heavy atom. The van der Waals surface area contributed by atoms with Gasteiger partial charge in [-0.25, -0.2) is 4.79 Å². The fourth-order valence-corrected chi connectivity index (χ4v) is 2.00. The highest BCUT2D eigenvalue weighted by molar-refractivity contribution is 6.13. The van der Waals surface area contributed by atoms with Crippen LogP contribution < -0.4 is 4.74 Å². The van der Waals surface area contributed by atoms with Gasteiger partial charge in [0.2, 0.25) is 5.78 Å². The number of hydrogen-bond donors (Lipinski definition) is 0. The highest BCUT2D eigenvalue weighted by Crippen LogP contribution is 2.19. The number of nitrogens with zero attached hydrogens (tertiary/aromatic N) is 1. The lowest BCUT2D eigenvalue weighted by Gasteiger charge is -2.11. The number of ether oxygens (including phenoxy) is 2. The lowest BCUT2D eigenvalue weighted by molar-refractivity contribution is 0.0523. The Morgan fingerprint density at radius 2 is 1.71 bits per heavy atom. The average molecular weight is 321 g/mol. The first-order chi connectivity index (χ1) is 11.6. The maximum Gasteiger partial charge on any atom is 0.338 e. The molecule has 0 spiro atoms. The number of rotatable bonds is 6. The van der Waals surface area contributed by atoms with E-state index in [9.17, 15) is 9.59 Å². The van der Waals surface area contributed by atoms with Gasteiger partial charge in [-0.2, -0.15) is 5.26 Å². The number of carbonyl (C=O) groups excluding carboxylic acids is 2. The van der Waals surface area contributed by atoms with Crippen molar-refractivity contribution in [2.75, 3.05) is 6.61 Å². The average Bonchev–Trinajstić information content (AvgIpc) is 2.62. The van der Waals surface area contributed by atoms with Crippen LogP contribution >= 0.6 is 0 Å². The van der Waals surface area contributed by atoms with Gasteiger partial charge >= 0.3 is 5.97 Å². The highest BCUT2D eigenvalue weighted by atomic mass is 16.5. The maximum atomic E-state index is 12.5. The van der Waals surface area contributed by atoms with E-state index in [-0.39, 0.29) is 23.5 Å². The van der Waals surface area contributed by atoms with Crippen LogP contribution in [0.4, 0.5) is 0 Å². The van der Waals surface area contributed by atoms with E-state index in [1.54, 1.807) is 43.3 Å². The Balaban J connectivity index is 2.20. The second-order valence-electron chi connectivity index (χ2n) is 4.76. The quantitative estimate of drug-likeness (QED) is 0.352. The molecule has 24 heavy (non-hydrogen) atoms. The third-order valence-electron chi connectivity index (χ3n) is 3.14. The van der Waals surface area contributed by atoms with Gasteiger partial charge in [0.1, 0.15) is 5.75 Å². The number of ketones is 1. The molecule has 5 nitrogen and oxygen atoms in total. The third kappa shape index (κ3) is 3.87. The number of hydrogen-bond acceptors (Lipinski definition) is 5. The van der Waals surface area contributed by atoms with Crippen molar-refractivity contribution in [1.29, 1.82) is 5.26 Å². The fraction of sp³-hybridized carbons (Fsp3) is 0.105. The van der Waals surface area contributed by atoms with Crippen LogP contribution in [0.3, 0.4) is 0 Å². The molecule has 5 heteroatoms. The second-order valence-corrected chi connectivity index (χ2v) is 4.76. The number of allylic oxidation sites excluding steroid dienone is 1. The van der Waals surface area contributed by atoms with Gasteiger partial charge in [0.15, 0.2) is 5.76 Å². The molecule has 0 bridgehead atoms. The van der Waals surface area contributed by atoms with E-state index in [1.807, 2.05) is 6.07 Å². The van der Waals surface area contributed by atoms with Gasteiger partial charge in [-0.3, -0.25) is 4.79 Å². The molecule has 0 saturated heterocycles. The van der Waals surface area contributed by atoms with E-state index in [4.69, 9.17) is 14.7 Å². The minimum atomic E-state index is -0.576.